The molecular formula is C11H21N3O3. The summed E-state index contributed by atoms with van der Waals surface area (Å²) in [6.45, 7) is 2.99. The Labute approximate surface area is 101 Å². The molecule has 1 rings (SSSR count). The average molecular weight is 243 g/mol. The van der Waals surface area contributed by atoms with Crippen LogP contribution in [0, 0.1) is 0 Å². The second-order valence-corrected chi connectivity index (χ2v) is 4.25. The summed E-state index contributed by atoms with van der Waals surface area (Å²) in [7, 11) is 0. The number of hydrogen-bond acceptors (Lipinski definition) is 4. The van der Waals surface area contributed by atoms with Crippen LogP contribution in [0.4, 0.5) is 0 Å². The molecule has 17 heavy (non-hydrogen) atoms. The third kappa shape index (κ3) is 4.70. The highest BCUT2D eigenvalue weighted by Crippen LogP contribution is 2.04. The van der Waals surface area contributed by atoms with Crippen LogP contribution in [0.1, 0.15) is 26.2 Å². The van der Waals surface area contributed by atoms with Crippen molar-refractivity contribution < 1.29 is 14.7 Å². The van der Waals surface area contributed by atoms with Crippen LogP contribution >= 0.6 is 0 Å². The molecule has 0 unspecified atom stereocenters. The van der Waals surface area contributed by atoms with E-state index in [4.69, 9.17) is 5.11 Å². The SMILES string of the molecule is C[C@H](NC(=O)[C@@H]1CCCN1)C(=O)NCCCO. The van der Waals surface area contributed by atoms with Crippen LogP contribution in [-0.2, 0) is 9.59 Å². The fourth-order valence-electron chi connectivity index (χ4n) is 1.73. The summed E-state index contributed by atoms with van der Waals surface area (Å²) in [4.78, 5) is 23.2. The lowest BCUT2D eigenvalue weighted by Gasteiger charge is -2.16. The molecule has 1 aliphatic heterocycles. The molecule has 0 bridgehead atoms. The molecule has 98 valence electrons. The molecule has 0 spiro atoms. The van der Waals surface area contributed by atoms with Gasteiger partial charge in [-0.25, -0.2) is 0 Å². The minimum absolute atomic E-state index is 0.0486. The highest BCUT2D eigenvalue weighted by molar-refractivity contribution is 5.89. The zero-order chi connectivity index (χ0) is 12.7. The molecule has 6 nitrogen and oxygen atoms in total. The molecule has 1 fully saturated rings. The first-order valence-corrected chi connectivity index (χ1v) is 6.07. The summed E-state index contributed by atoms with van der Waals surface area (Å²) in [6, 6.07) is -0.703. The molecule has 4 N–H and O–H groups in total. The van der Waals surface area contributed by atoms with Crippen LogP contribution in [0.15, 0.2) is 0 Å². The highest BCUT2D eigenvalue weighted by atomic mass is 16.3. The van der Waals surface area contributed by atoms with E-state index in [2.05, 4.69) is 16.0 Å². The van der Waals surface area contributed by atoms with Gasteiger partial charge in [-0.1, -0.05) is 0 Å². The number of rotatable bonds is 6. The summed E-state index contributed by atoms with van der Waals surface area (Å²) in [5, 5.41) is 17.0. The predicted molar refractivity (Wildman–Crippen MR) is 63.3 cm³/mol. The lowest BCUT2D eigenvalue weighted by molar-refractivity contribution is -0.129. The maximum atomic E-state index is 11.7. The highest BCUT2D eigenvalue weighted by Gasteiger charge is 2.24. The molecule has 2 atom stereocenters. The number of hydrogen-bond donors (Lipinski definition) is 4. The van der Waals surface area contributed by atoms with E-state index in [1.165, 1.54) is 0 Å². The van der Waals surface area contributed by atoms with Crippen molar-refractivity contribution in [1.82, 2.24) is 16.0 Å². The van der Waals surface area contributed by atoms with Crippen molar-refractivity contribution >= 4 is 11.8 Å². The van der Waals surface area contributed by atoms with Crippen LogP contribution in [0.3, 0.4) is 0 Å². The van der Waals surface area contributed by atoms with Gasteiger partial charge in [-0.2, -0.15) is 0 Å². The Hall–Kier alpha value is -1.14. The molecule has 1 aliphatic rings. The van der Waals surface area contributed by atoms with E-state index in [-0.39, 0.29) is 24.5 Å². The third-order valence-electron chi connectivity index (χ3n) is 2.76. The van der Waals surface area contributed by atoms with Gasteiger partial charge in [0.2, 0.25) is 11.8 Å². The smallest absolute Gasteiger partial charge is 0.242 e. The molecule has 0 aromatic carbocycles. The fourth-order valence-corrected chi connectivity index (χ4v) is 1.73. The molecule has 6 heteroatoms. The van der Waals surface area contributed by atoms with E-state index < -0.39 is 6.04 Å². The lowest BCUT2D eigenvalue weighted by Crippen LogP contribution is -2.50. The van der Waals surface area contributed by atoms with E-state index in [0.29, 0.717) is 13.0 Å². The minimum Gasteiger partial charge on any atom is -0.396 e. The van der Waals surface area contributed by atoms with Crippen molar-refractivity contribution in [2.75, 3.05) is 19.7 Å². The van der Waals surface area contributed by atoms with Gasteiger partial charge in [-0.15, -0.1) is 0 Å². The number of nitrogens with one attached hydrogen (secondary N) is 3. The van der Waals surface area contributed by atoms with Crippen LogP contribution in [-0.4, -0.2) is 48.7 Å². The number of carbonyl (C=O) groups is 2. The van der Waals surface area contributed by atoms with Gasteiger partial charge in [0, 0.05) is 13.2 Å². The summed E-state index contributed by atoms with van der Waals surface area (Å²) >= 11 is 0. The van der Waals surface area contributed by atoms with Gasteiger partial charge in [-0.05, 0) is 32.7 Å². The maximum absolute atomic E-state index is 11.7. The zero-order valence-electron chi connectivity index (χ0n) is 10.2. The van der Waals surface area contributed by atoms with E-state index in [0.717, 1.165) is 19.4 Å². The third-order valence-corrected chi connectivity index (χ3v) is 2.76. The fraction of sp³-hybridized carbons (Fsp3) is 0.818. The molecular weight excluding hydrogens is 222 g/mol. The van der Waals surface area contributed by atoms with Gasteiger partial charge < -0.3 is 21.1 Å². The molecule has 1 heterocycles. The summed E-state index contributed by atoms with van der Waals surface area (Å²) in [5.41, 5.74) is 0. The molecule has 2 amide bonds. The summed E-state index contributed by atoms with van der Waals surface area (Å²) in [6.07, 6.45) is 2.34. The van der Waals surface area contributed by atoms with Crippen molar-refractivity contribution in [1.29, 1.82) is 0 Å². The van der Waals surface area contributed by atoms with Crippen molar-refractivity contribution in [2.45, 2.75) is 38.3 Å². The summed E-state index contributed by atoms with van der Waals surface area (Å²) in [5.74, 6) is -0.336. The van der Waals surface area contributed by atoms with Crippen molar-refractivity contribution in [3.63, 3.8) is 0 Å². The standard InChI is InChI=1S/C11H21N3O3/c1-8(10(16)13-6-3-7-15)14-11(17)9-4-2-5-12-9/h8-9,12,15H,2-7H2,1H3,(H,13,16)(H,14,17)/t8-,9-/m0/s1. The Morgan fingerprint density at radius 1 is 1.53 bits per heavy atom. The normalized spacial score (nSPS) is 20.9. The zero-order valence-corrected chi connectivity index (χ0v) is 10.2. The minimum atomic E-state index is -0.538. The Balaban J connectivity index is 2.24. The Morgan fingerprint density at radius 3 is 2.88 bits per heavy atom. The Morgan fingerprint density at radius 2 is 2.29 bits per heavy atom. The van der Waals surface area contributed by atoms with Crippen LogP contribution in [0.2, 0.25) is 0 Å². The van der Waals surface area contributed by atoms with Gasteiger partial charge in [0.1, 0.15) is 6.04 Å². The van der Waals surface area contributed by atoms with Crippen LogP contribution in [0.5, 0.6) is 0 Å². The molecule has 0 radical (unpaired) electrons. The van der Waals surface area contributed by atoms with E-state index in [1.54, 1.807) is 6.92 Å². The quantitative estimate of drug-likeness (QED) is 0.438. The topological polar surface area (TPSA) is 90.5 Å². The molecule has 0 aromatic rings. The number of carbonyl (C=O) groups excluding carboxylic acids is 2. The van der Waals surface area contributed by atoms with Gasteiger partial charge in [0.15, 0.2) is 0 Å². The molecule has 1 saturated heterocycles. The first kappa shape index (κ1) is 13.9. The summed E-state index contributed by atoms with van der Waals surface area (Å²) < 4.78 is 0. The van der Waals surface area contributed by atoms with Gasteiger partial charge >= 0.3 is 0 Å². The van der Waals surface area contributed by atoms with Crippen molar-refractivity contribution in [2.24, 2.45) is 0 Å². The first-order valence-electron chi connectivity index (χ1n) is 6.07. The maximum Gasteiger partial charge on any atom is 0.242 e. The van der Waals surface area contributed by atoms with Crippen LogP contribution in [0.25, 0.3) is 0 Å². The second-order valence-electron chi connectivity index (χ2n) is 4.25. The van der Waals surface area contributed by atoms with E-state index >= 15 is 0 Å². The van der Waals surface area contributed by atoms with Crippen LogP contribution < -0.4 is 16.0 Å². The van der Waals surface area contributed by atoms with Crippen molar-refractivity contribution in [3.05, 3.63) is 0 Å². The van der Waals surface area contributed by atoms with Crippen molar-refractivity contribution in [3.8, 4) is 0 Å². The van der Waals surface area contributed by atoms with E-state index in [9.17, 15) is 9.59 Å². The van der Waals surface area contributed by atoms with Gasteiger partial charge in [0.25, 0.3) is 0 Å². The average Bonchev–Trinajstić information content (AvgIpc) is 2.82. The van der Waals surface area contributed by atoms with Gasteiger partial charge in [-0.3, -0.25) is 9.59 Å². The molecule has 0 aromatic heterocycles. The first-order chi connectivity index (χ1) is 8.15. The molecule has 0 aliphatic carbocycles. The Kier molecular flexibility index (Phi) is 5.93. The van der Waals surface area contributed by atoms with Gasteiger partial charge in [0.05, 0.1) is 6.04 Å². The number of aliphatic hydroxyl groups is 1. The second kappa shape index (κ2) is 7.24. The predicted octanol–water partition coefficient (Wildman–Crippen LogP) is -1.26. The lowest BCUT2D eigenvalue weighted by atomic mass is 10.2. The number of amides is 2. The van der Waals surface area contributed by atoms with E-state index in [1.807, 2.05) is 0 Å². The Bertz CT molecular complexity index is 265. The number of aliphatic hydroxyl groups excluding tert-OH is 1. The molecule has 0 saturated carbocycles. The monoisotopic (exact) mass is 243 g/mol. The largest absolute Gasteiger partial charge is 0.396 e.